The summed E-state index contributed by atoms with van der Waals surface area (Å²) < 4.78 is 125. The van der Waals surface area contributed by atoms with Crippen LogP contribution in [0.15, 0.2) is 12.2 Å². The highest BCUT2D eigenvalue weighted by Gasteiger charge is 2.84. The predicted octanol–water partition coefficient (Wildman–Crippen LogP) is 3.30. The summed E-state index contributed by atoms with van der Waals surface area (Å²) in [5, 5.41) is 0. The molecule has 0 heterocycles. The second kappa shape index (κ2) is 3.63. The Morgan fingerprint density at radius 2 is 1.21 bits per heavy atom. The van der Waals surface area contributed by atoms with Gasteiger partial charge in [-0.2, -0.15) is 39.5 Å². The number of alkyl halides is 10. The smallest absolute Gasteiger partial charge is 0.285 e. The van der Waals surface area contributed by atoms with Gasteiger partial charge in [-0.25, -0.2) is 4.39 Å². The number of Topliss-reactive ketones (excluding diaryl/α,β-unsaturated/α-hetero) is 1. The van der Waals surface area contributed by atoms with Gasteiger partial charge in [-0.15, -0.1) is 0 Å². The molecule has 0 radical (unpaired) electrons. The SMILES string of the molecule is O=C(C(F)(F)F)C1(F)C=CC(F)(F)C(F)(F)C1(F)F. The molecule has 1 atom stereocenters. The number of hydrogen-bond acceptors (Lipinski definition) is 1. The molecule has 19 heavy (non-hydrogen) atoms. The van der Waals surface area contributed by atoms with Crippen molar-refractivity contribution in [2.45, 2.75) is 29.6 Å². The summed E-state index contributed by atoms with van der Waals surface area (Å²) in [6, 6.07) is 0. The van der Waals surface area contributed by atoms with E-state index in [1.165, 1.54) is 0 Å². The van der Waals surface area contributed by atoms with Crippen molar-refractivity contribution in [2.24, 2.45) is 0 Å². The van der Waals surface area contributed by atoms with Crippen molar-refractivity contribution < 1.29 is 48.7 Å². The quantitative estimate of drug-likeness (QED) is 0.536. The molecule has 0 aliphatic heterocycles. The molecule has 11 heteroatoms. The molecule has 0 saturated heterocycles. The van der Waals surface area contributed by atoms with Crippen molar-refractivity contribution >= 4 is 5.78 Å². The zero-order chi connectivity index (χ0) is 15.5. The molecule has 1 aliphatic carbocycles. The van der Waals surface area contributed by atoms with Crippen LogP contribution in [0, 0.1) is 0 Å². The third-order valence-electron chi connectivity index (χ3n) is 2.38. The first kappa shape index (κ1) is 15.8. The van der Waals surface area contributed by atoms with Gasteiger partial charge in [-0.1, -0.05) is 0 Å². The normalized spacial score (nSPS) is 32.1. The number of ketones is 1. The molecule has 0 N–H and O–H groups in total. The third kappa shape index (κ3) is 1.81. The van der Waals surface area contributed by atoms with Crippen LogP contribution in [0.5, 0.6) is 0 Å². The largest absolute Gasteiger partial charge is 0.454 e. The lowest BCUT2D eigenvalue weighted by Gasteiger charge is -2.41. The summed E-state index contributed by atoms with van der Waals surface area (Å²) >= 11 is 0. The van der Waals surface area contributed by atoms with E-state index in [-0.39, 0.29) is 0 Å². The third-order valence-corrected chi connectivity index (χ3v) is 2.38. The van der Waals surface area contributed by atoms with E-state index in [0.717, 1.165) is 0 Å². The zero-order valence-corrected chi connectivity index (χ0v) is 8.34. The molecule has 1 aliphatic rings. The predicted molar refractivity (Wildman–Crippen MR) is 38.9 cm³/mol. The van der Waals surface area contributed by atoms with Crippen molar-refractivity contribution in [1.82, 2.24) is 0 Å². The molecule has 110 valence electrons. The lowest BCUT2D eigenvalue weighted by Crippen LogP contribution is -2.69. The van der Waals surface area contributed by atoms with Crippen LogP contribution in [0.1, 0.15) is 0 Å². The molecule has 0 saturated carbocycles. The highest BCUT2D eigenvalue weighted by atomic mass is 19.4. The minimum atomic E-state index is -6.56. The molecule has 1 unspecified atom stereocenters. The van der Waals surface area contributed by atoms with E-state index in [1.54, 1.807) is 0 Å². The van der Waals surface area contributed by atoms with Gasteiger partial charge >= 0.3 is 23.9 Å². The highest BCUT2D eigenvalue weighted by Crippen LogP contribution is 2.57. The fourth-order valence-electron chi connectivity index (χ4n) is 1.29. The van der Waals surface area contributed by atoms with Crippen LogP contribution in [-0.2, 0) is 4.79 Å². The Bertz CT molecular complexity index is 433. The van der Waals surface area contributed by atoms with Crippen molar-refractivity contribution in [3.05, 3.63) is 12.2 Å². The highest BCUT2D eigenvalue weighted by molar-refractivity contribution is 5.95. The fraction of sp³-hybridized carbons (Fsp3) is 0.625. The molecule has 1 rings (SSSR count). The first-order chi connectivity index (χ1) is 8.11. The Kier molecular flexibility index (Phi) is 3.01. The van der Waals surface area contributed by atoms with Gasteiger partial charge < -0.3 is 0 Å². The van der Waals surface area contributed by atoms with E-state index in [0.29, 0.717) is 0 Å². The first-order valence-electron chi connectivity index (χ1n) is 4.25. The molecule has 1 nitrogen and oxygen atoms in total. The number of carbonyl (C=O) groups excluding carboxylic acids is 1. The maximum atomic E-state index is 13.4. The lowest BCUT2D eigenvalue weighted by molar-refractivity contribution is -0.328. The van der Waals surface area contributed by atoms with E-state index in [9.17, 15) is 48.7 Å². The minimum Gasteiger partial charge on any atom is -0.285 e. The lowest BCUT2D eigenvalue weighted by atomic mass is 9.80. The molecule has 0 bridgehead atoms. The summed E-state index contributed by atoms with van der Waals surface area (Å²) in [6.45, 7) is 0. The first-order valence-corrected chi connectivity index (χ1v) is 4.25. The van der Waals surface area contributed by atoms with E-state index in [1.807, 2.05) is 0 Å². The summed E-state index contributed by atoms with van der Waals surface area (Å²) in [5.74, 6) is -22.6. The Hall–Kier alpha value is -1.29. The molecule has 0 spiro atoms. The Labute approximate surface area is 97.4 Å². The summed E-state index contributed by atoms with van der Waals surface area (Å²) in [5.41, 5.74) is -5.60. The van der Waals surface area contributed by atoms with Crippen LogP contribution < -0.4 is 0 Å². The molecule has 0 aromatic rings. The maximum absolute atomic E-state index is 13.4. The Balaban J connectivity index is 3.52. The van der Waals surface area contributed by atoms with Crippen molar-refractivity contribution in [2.75, 3.05) is 0 Å². The average molecular weight is 304 g/mol. The van der Waals surface area contributed by atoms with Gasteiger partial charge in [0.1, 0.15) is 0 Å². The number of rotatable bonds is 1. The van der Waals surface area contributed by atoms with E-state index >= 15 is 0 Å². The Morgan fingerprint density at radius 3 is 1.58 bits per heavy atom. The maximum Gasteiger partial charge on any atom is 0.454 e. The second-order valence-electron chi connectivity index (χ2n) is 3.64. The van der Waals surface area contributed by atoms with E-state index in [4.69, 9.17) is 0 Å². The van der Waals surface area contributed by atoms with Crippen LogP contribution in [-0.4, -0.2) is 35.4 Å². The molecule has 0 aromatic heterocycles. The Morgan fingerprint density at radius 1 is 0.789 bits per heavy atom. The molecular formula is C8H2F10O. The number of hydrogen-bond donors (Lipinski definition) is 0. The minimum absolute atomic E-state index is 1.19. The monoisotopic (exact) mass is 304 g/mol. The van der Waals surface area contributed by atoms with E-state index in [2.05, 4.69) is 0 Å². The van der Waals surface area contributed by atoms with Gasteiger partial charge in [0, 0.05) is 0 Å². The van der Waals surface area contributed by atoms with Crippen molar-refractivity contribution in [1.29, 1.82) is 0 Å². The van der Waals surface area contributed by atoms with Gasteiger partial charge in [0.05, 0.1) is 0 Å². The van der Waals surface area contributed by atoms with Crippen LogP contribution in [0.25, 0.3) is 0 Å². The second-order valence-corrected chi connectivity index (χ2v) is 3.64. The van der Waals surface area contributed by atoms with Gasteiger partial charge in [0.25, 0.3) is 11.5 Å². The van der Waals surface area contributed by atoms with Gasteiger partial charge in [0.15, 0.2) is 0 Å². The van der Waals surface area contributed by atoms with Crippen molar-refractivity contribution in [3.63, 3.8) is 0 Å². The summed E-state index contributed by atoms with van der Waals surface area (Å²) in [6.07, 6.45) is -8.63. The molecule has 0 fully saturated rings. The molecular weight excluding hydrogens is 302 g/mol. The van der Waals surface area contributed by atoms with Crippen LogP contribution in [0.2, 0.25) is 0 Å². The molecule has 0 aromatic carbocycles. The zero-order valence-electron chi connectivity index (χ0n) is 8.34. The summed E-state index contributed by atoms with van der Waals surface area (Å²) in [4.78, 5) is 10.4. The fourth-order valence-corrected chi connectivity index (χ4v) is 1.29. The van der Waals surface area contributed by atoms with Crippen molar-refractivity contribution in [3.8, 4) is 0 Å². The summed E-state index contributed by atoms with van der Waals surface area (Å²) in [7, 11) is 0. The van der Waals surface area contributed by atoms with Crippen LogP contribution >= 0.6 is 0 Å². The van der Waals surface area contributed by atoms with Gasteiger partial charge in [-0.3, -0.25) is 4.79 Å². The number of carbonyl (C=O) groups is 1. The average Bonchev–Trinajstić information content (AvgIpc) is 2.21. The topological polar surface area (TPSA) is 17.1 Å². The van der Waals surface area contributed by atoms with Crippen LogP contribution in [0.4, 0.5) is 43.9 Å². The van der Waals surface area contributed by atoms with E-state index < -0.39 is 47.5 Å². The number of halogens is 10. The number of allylic oxidation sites excluding steroid dienone is 2. The molecule has 0 amide bonds. The standard InChI is InChI=1S/C8H2F10O/c9-4(3(19)6(12,13)14)1-2-5(10,11)8(17,18)7(4,15)16/h1-2H. The van der Waals surface area contributed by atoms with Gasteiger partial charge in [0.2, 0.25) is 0 Å². The van der Waals surface area contributed by atoms with Crippen LogP contribution in [0.3, 0.4) is 0 Å². The van der Waals surface area contributed by atoms with Gasteiger partial charge in [-0.05, 0) is 12.2 Å².